The lowest BCUT2D eigenvalue weighted by atomic mass is 10.1. The third-order valence-corrected chi connectivity index (χ3v) is 3.25. The van der Waals surface area contributed by atoms with E-state index in [4.69, 9.17) is 9.47 Å². The fraction of sp³-hybridized carbons (Fsp3) is 0.500. The molecule has 0 aliphatic rings. The highest BCUT2D eigenvalue weighted by atomic mass is 79.9. The second-order valence-electron chi connectivity index (χ2n) is 3.26. The first-order chi connectivity index (χ1) is 7.77. The molecule has 4 heteroatoms. The van der Waals surface area contributed by atoms with E-state index in [1.54, 1.807) is 0 Å². The minimum Gasteiger partial charge on any atom is -0.379 e. The van der Waals surface area contributed by atoms with Crippen LogP contribution >= 0.6 is 31.9 Å². The summed E-state index contributed by atoms with van der Waals surface area (Å²) < 4.78 is 12.0. The Bertz CT molecular complexity index is 288. The highest BCUT2D eigenvalue weighted by Crippen LogP contribution is 2.21. The summed E-state index contributed by atoms with van der Waals surface area (Å²) in [6, 6.07) is 8.18. The van der Waals surface area contributed by atoms with Gasteiger partial charge in [-0.3, -0.25) is 0 Å². The Morgan fingerprint density at radius 1 is 1.19 bits per heavy atom. The van der Waals surface area contributed by atoms with Crippen molar-refractivity contribution in [2.24, 2.45) is 0 Å². The summed E-state index contributed by atoms with van der Waals surface area (Å²) in [5.41, 5.74) is 1.18. The van der Waals surface area contributed by atoms with Crippen LogP contribution in [0.4, 0.5) is 0 Å². The second-order valence-corrected chi connectivity index (χ2v) is 4.83. The number of ether oxygens (including phenoxy) is 2. The van der Waals surface area contributed by atoms with Gasteiger partial charge >= 0.3 is 0 Å². The van der Waals surface area contributed by atoms with Gasteiger partial charge in [-0.1, -0.05) is 44.0 Å². The molecule has 0 aromatic heterocycles. The summed E-state index contributed by atoms with van der Waals surface area (Å²) in [6.07, 6.45) is 0.0913. The van der Waals surface area contributed by atoms with Crippen molar-refractivity contribution in [1.82, 2.24) is 0 Å². The van der Waals surface area contributed by atoms with Crippen molar-refractivity contribution in [3.05, 3.63) is 34.3 Å². The molecule has 0 amide bonds. The lowest BCUT2D eigenvalue weighted by Crippen LogP contribution is -2.10. The van der Waals surface area contributed by atoms with Crippen LogP contribution in [0.3, 0.4) is 0 Å². The number of benzene rings is 1. The molecule has 1 unspecified atom stereocenters. The van der Waals surface area contributed by atoms with Crippen LogP contribution in [0.5, 0.6) is 0 Å². The number of hydrogen-bond donors (Lipinski definition) is 0. The van der Waals surface area contributed by atoms with Crippen LogP contribution < -0.4 is 0 Å². The average Bonchev–Trinajstić information content (AvgIpc) is 2.31. The van der Waals surface area contributed by atoms with Crippen molar-refractivity contribution in [1.29, 1.82) is 0 Å². The molecule has 1 aromatic carbocycles. The van der Waals surface area contributed by atoms with Crippen molar-refractivity contribution in [3.8, 4) is 0 Å². The molecule has 0 aliphatic carbocycles. The van der Waals surface area contributed by atoms with E-state index in [2.05, 4.69) is 44.0 Å². The topological polar surface area (TPSA) is 18.5 Å². The molecule has 1 aromatic rings. The smallest absolute Gasteiger partial charge is 0.0922 e. The first-order valence-electron chi connectivity index (χ1n) is 5.28. The van der Waals surface area contributed by atoms with E-state index in [1.807, 2.05) is 19.1 Å². The van der Waals surface area contributed by atoms with Gasteiger partial charge in [-0.25, -0.2) is 0 Å². The zero-order chi connectivity index (χ0) is 11.8. The zero-order valence-electron chi connectivity index (χ0n) is 9.29. The molecule has 0 fully saturated rings. The van der Waals surface area contributed by atoms with E-state index < -0.39 is 0 Å². The van der Waals surface area contributed by atoms with Gasteiger partial charge in [-0.05, 0) is 24.6 Å². The fourth-order valence-corrected chi connectivity index (χ4v) is 2.13. The largest absolute Gasteiger partial charge is 0.379 e. The van der Waals surface area contributed by atoms with Crippen molar-refractivity contribution >= 4 is 31.9 Å². The monoisotopic (exact) mass is 350 g/mol. The molecule has 0 saturated carbocycles. The Hall–Kier alpha value is 0.1000. The van der Waals surface area contributed by atoms with Crippen molar-refractivity contribution < 1.29 is 9.47 Å². The van der Waals surface area contributed by atoms with Gasteiger partial charge in [0, 0.05) is 16.4 Å². The summed E-state index contributed by atoms with van der Waals surface area (Å²) in [6.45, 7) is 3.99. The van der Waals surface area contributed by atoms with Gasteiger partial charge in [0.15, 0.2) is 0 Å². The van der Waals surface area contributed by atoms with E-state index in [1.165, 1.54) is 5.56 Å². The number of halogens is 2. The van der Waals surface area contributed by atoms with E-state index in [0.717, 1.165) is 16.4 Å². The Kier molecular flexibility index (Phi) is 7.28. The second kappa shape index (κ2) is 8.23. The molecule has 2 nitrogen and oxygen atoms in total. The van der Waals surface area contributed by atoms with Crippen molar-refractivity contribution in [3.63, 3.8) is 0 Å². The van der Waals surface area contributed by atoms with Crippen LogP contribution in [-0.2, 0) is 9.47 Å². The molecule has 1 rings (SSSR count). The van der Waals surface area contributed by atoms with Gasteiger partial charge in [0.1, 0.15) is 0 Å². The number of rotatable bonds is 7. The van der Waals surface area contributed by atoms with Crippen LogP contribution in [0.25, 0.3) is 0 Å². The summed E-state index contributed by atoms with van der Waals surface area (Å²) >= 11 is 6.88. The Balaban J connectivity index is 2.44. The molecule has 16 heavy (non-hydrogen) atoms. The molecular weight excluding hydrogens is 336 g/mol. The Morgan fingerprint density at radius 2 is 1.88 bits per heavy atom. The molecule has 0 aliphatic heterocycles. The van der Waals surface area contributed by atoms with E-state index in [0.29, 0.717) is 13.2 Å². The number of hydrogen-bond acceptors (Lipinski definition) is 2. The summed E-state index contributed by atoms with van der Waals surface area (Å²) in [5.74, 6) is 0. The lowest BCUT2D eigenvalue weighted by molar-refractivity contribution is 0.0171. The summed E-state index contributed by atoms with van der Waals surface area (Å²) in [7, 11) is 0. The maximum Gasteiger partial charge on any atom is 0.0922 e. The van der Waals surface area contributed by atoms with E-state index in [9.17, 15) is 0 Å². The molecule has 90 valence electrons. The van der Waals surface area contributed by atoms with E-state index in [-0.39, 0.29) is 6.10 Å². The van der Waals surface area contributed by atoms with Crippen molar-refractivity contribution in [2.75, 3.05) is 25.2 Å². The van der Waals surface area contributed by atoms with Crippen LogP contribution in [-0.4, -0.2) is 25.2 Å². The normalized spacial score (nSPS) is 12.7. The molecule has 0 N–H and O–H groups in total. The number of alkyl halides is 1. The molecule has 0 spiro atoms. The maximum absolute atomic E-state index is 5.73. The first-order valence-corrected chi connectivity index (χ1v) is 7.20. The first kappa shape index (κ1) is 14.2. The maximum atomic E-state index is 5.73. The molecule has 0 bridgehead atoms. The molecule has 0 heterocycles. The highest BCUT2D eigenvalue weighted by molar-refractivity contribution is 9.10. The fourth-order valence-electron chi connectivity index (χ4n) is 1.30. The quantitative estimate of drug-likeness (QED) is 0.547. The summed E-state index contributed by atoms with van der Waals surface area (Å²) in [5, 5.41) is 0.792. The van der Waals surface area contributed by atoms with Crippen LogP contribution in [0, 0.1) is 0 Å². The van der Waals surface area contributed by atoms with Gasteiger partial charge < -0.3 is 9.47 Å². The van der Waals surface area contributed by atoms with Gasteiger partial charge in [0.2, 0.25) is 0 Å². The van der Waals surface area contributed by atoms with Gasteiger partial charge in [-0.2, -0.15) is 0 Å². The average molecular weight is 352 g/mol. The minimum atomic E-state index is 0.0913. The Morgan fingerprint density at radius 3 is 2.44 bits per heavy atom. The van der Waals surface area contributed by atoms with Crippen LogP contribution in [0.1, 0.15) is 18.6 Å². The third kappa shape index (κ3) is 4.95. The zero-order valence-corrected chi connectivity index (χ0v) is 12.5. The van der Waals surface area contributed by atoms with Crippen LogP contribution in [0.2, 0.25) is 0 Å². The van der Waals surface area contributed by atoms with E-state index >= 15 is 0 Å². The highest BCUT2D eigenvalue weighted by Gasteiger charge is 2.09. The van der Waals surface area contributed by atoms with Gasteiger partial charge in [0.05, 0.1) is 19.3 Å². The molecule has 1 atom stereocenters. The molecular formula is C12H16Br2O2. The standard InChI is InChI=1S/C12H16Br2O2/c1-2-15-7-8-16-12(9-13)10-3-5-11(14)6-4-10/h3-6,12H,2,7-9H2,1H3. The Labute approximate surface area is 114 Å². The summed E-state index contributed by atoms with van der Waals surface area (Å²) in [4.78, 5) is 0. The van der Waals surface area contributed by atoms with Gasteiger partial charge in [-0.15, -0.1) is 0 Å². The predicted molar refractivity (Wildman–Crippen MR) is 73.1 cm³/mol. The molecule has 0 saturated heterocycles. The van der Waals surface area contributed by atoms with Crippen LogP contribution in [0.15, 0.2) is 28.7 Å². The predicted octanol–water partition coefficient (Wildman–Crippen LogP) is 3.94. The lowest BCUT2D eigenvalue weighted by Gasteiger charge is -2.15. The molecule has 0 radical (unpaired) electrons. The minimum absolute atomic E-state index is 0.0913. The van der Waals surface area contributed by atoms with Gasteiger partial charge in [0.25, 0.3) is 0 Å². The van der Waals surface area contributed by atoms with Crippen molar-refractivity contribution in [2.45, 2.75) is 13.0 Å². The third-order valence-electron chi connectivity index (χ3n) is 2.13. The SMILES string of the molecule is CCOCCOC(CBr)c1ccc(Br)cc1.